The van der Waals surface area contributed by atoms with Crippen molar-refractivity contribution in [2.75, 3.05) is 16.6 Å². The van der Waals surface area contributed by atoms with Crippen LogP contribution in [0.5, 0.6) is 5.75 Å². The van der Waals surface area contributed by atoms with Crippen LogP contribution < -0.4 is 14.8 Å². The highest BCUT2D eigenvalue weighted by Gasteiger charge is 2.30. The van der Waals surface area contributed by atoms with E-state index in [4.69, 9.17) is 4.74 Å². The first-order valence-electron chi connectivity index (χ1n) is 9.01. The van der Waals surface area contributed by atoms with Crippen molar-refractivity contribution in [2.45, 2.75) is 11.1 Å². The lowest BCUT2D eigenvalue weighted by molar-refractivity contribution is -0.137. The average Bonchev–Trinajstić information content (AvgIpc) is 2.72. The molecular weight excluding hydrogens is 452 g/mol. The summed E-state index contributed by atoms with van der Waals surface area (Å²) in [5, 5.41) is 2.44. The maximum Gasteiger partial charge on any atom is 0.416 e. The molecule has 1 amide bonds. The Labute approximate surface area is 180 Å². The van der Waals surface area contributed by atoms with Gasteiger partial charge in [-0.3, -0.25) is 9.52 Å². The molecule has 0 aliphatic heterocycles. The van der Waals surface area contributed by atoms with E-state index >= 15 is 0 Å². The van der Waals surface area contributed by atoms with Crippen molar-refractivity contribution < 1.29 is 35.5 Å². The number of hydrogen-bond donors (Lipinski definition) is 2. The Kier molecular flexibility index (Phi) is 6.68. The molecule has 0 aromatic heterocycles. The van der Waals surface area contributed by atoms with E-state index in [2.05, 4.69) is 10.0 Å². The molecule has 0 saturated carbocycles. The van der Waals surface area contributed by atoms with Gasteiger partial charge in [0.1, 0.15) is 11.6 Å². The Bertz CT molecular complexity index is 1210. The molecule has 3 aromatic carbocycles. The van der Waals surface area contributed by atoms with E-state index in [0.717, 1.165) is 18.2 Å². The molecule has 0 bridgehead atoms. The highest BCUT2D eigenvalue weighted by molar-refractivity contribution is 7.92. The highest BCUT2D eigenvalue weighted by Crippen LogP contribution is 2.31. The number of alkyl halides is 3. The van der Waals surface area contributed by atoms with Crippen molar-refractivity contribution in [1.82, 2.24) is 0 Å². The second-order valence-corrected chi connectivity index (χ2v) is 8.19. The third-order valence-corrected chi connectivity index (χ3v) is 5.45. The van der Waals surface area contributed by atoms with Crippen molar-refractivity contribution in [3.8, 4) is 5.75 Å². The quantitative estimate of drug-likeness (QED) is 0.494. The number of nitrogens with one attached hydrogen (secondary N) is 2. The first-order valence-corrected chi connectivity index (χ1v) is 10.5. The van der Waals surface area contributed by atoms with Crippen LogP contribution in [0, 0.1) is 5.82 Å². The fourth-order valence-electron chi connectivity index (χ4n) is 2.60. The molecule has 0 aliphatic carbocycles. The minimum Gasteiger partial charge on any atom is -0.484 e. The fourth-order valence-corrected chi connectivity index (χ4v) is 3.65. The van der Waals surface area contributed by atoms with Gasteiger partial charge in [-0.25, -0.2) is 12.8 Å². The number of halogens is 4. The number of anilines is 2. The van der Waals surface area contributed by atoms with Crippen LogP contribution in [0.3, 0.4) is 0 Å². The van der Waals surface area contributed by atoms with Crippen LogP contribution in [0.1, 0.15) is 5.56 Å². The monoisotopic (exact) mass is 468 g/mol. The Morgan fingerprint density at radius 1 is 0.906 bits per heavy atom. The van der Waals surface area contributed by atoms with Crippen molar-refractivity contribution in [2.24, 2.45) is 0 Å². The number of amides is 1. The second kappa shape index (κ2) is 9.27. The molecule has 0 spiro atoms. The van der Waals surface area contributed by atoms with Crippen LogP contribution in [-0.2, 0) is 21.0 Å². The Balaban J connectivity index is 1.61. The van der Waals surface area contributed by atoms with Gasteiger partial charge >= 0.3 is 6.18 Å². The molecule has 0 unspecified atom stereocenters. The summed E-state index contributed by atoms with van der Waals surface area (Å²) in [6.45, 7) is -0.412. The summed E-state index contributed by atoms with van der Waals surface area (Å²) in [5.74, 6) is -0.893. The van der Waals surface area contributed by atoms with E-state index in [9.17, 15) is 30.8 Å². The molecule has 0 atom stereocenters. The summed E-state index contributed by atoms with van der Waals surface area (Å²) >= 11 is 0. The molecule has 11 heteroatoms. The Hall–Kier alpha value is -3.60. The molecule has 2 N–H and O–H groups in total. The molecule has 168 valence electrons. The van der Waals surface area contributed by atoms with Gasteiger partial charge in [0.05, 0.1) is 10.5 Å². The van der Waals surface area contributed by atoms with Crippen molar-refractivity contribution in [3.63, 3.8) is 0 Å². The molecule has 3 aromatic rings. The van der Waals surface area contributed by atoms with E-state index in [1.54, 1.807) is 0 Å². The number of carbonyl (C=O) groups excluding carboxylic acids is 1. The van der Waals surface area contributed by atoms with Gasteiger partial charge in [0, 0.05) is 11.4 Å². The zero-order valence-electron chi connectivity index (χ0n) is 16.2. The van der Waals surface area contributed by atoms with E-state index in [1.165, 1.54) is 48.5 Å². The van der Waals surface area contributed by atoms with Gasteiger partial charge in [-0.2, -0.15) is 13.2 Å². The summed E-state index contributed by atoms with van der Waals surface area (Å²) in [6, 6.07) is 14.0. The summed E-state index contributed by atoms with van der Waals surface area (Å²) in [4.78, 5) is 11.7. The number of carbonyl (C=O) groups is 1. The molecule has 0 aliphatic rings. The number of benzene rings is 3. The van der Waals surface area contributed by atoms with E-state index in [1.807, 2.05) is 0 Å². The molecule has 0 fully saturated rings. The predicted molar refractivity (Wildman–Crippen MR) is 109 cm³/mol. The Morgan fingerprint density at radius 2 is 1.56 bits per heavy atom. The minimum absolute atomic E-state index is 0.178. The van der Waals surface area contributed by atoms with Crippen LogP contribution in [0.4, 0.5) is 28.9 Å². The lowest BCUT2D eigenvalue weighted by atomic mass is 10.2. The number of hydrogen-bond acceptors (Lipinski definition) is 4. The van der Waals surface area contributed by atoms with Crippen LogP contribution >= 0.6 is 0 Å². The van der Waals surface area contributed by atoms with Gasteiger partial charge in [-0.15, -0.1) is 0 Å². The smallest absolute Gasteiger partial charge is 0.416 e. The second-order valence-electron chi connectivity index (χ2n) is 6.50. The first kappa shape index (κ1) is 23.1. The lowest BCUT2D eigenvalue weighted by Crippen LogP contribution is -2.20. The van der Waals surface area contributed by atoms with Gasteiger partial charge < -0.3 is 10.1 Å². The molecule has 3 rings (SSSR count). The number of sulfonamides is 1. The molecular formula is C21H16F4N2O4S. The maximum absolute atomic E-state index is 13.1. The zero-order valence-corrected chi connectivity index (χ0v) is 17.0. The molecule has 0 heterocycles. The van der Waals surface area contributed by atoms with Crippen LogP contribution in [0.2, 0.25) is 0 Å². The molecule has 32 heavy (non-hydrogen) atoms. The van der Waals surface area contributed by atoms with Crippen LogP contribution in [0.15, 0.2) is 77.7 Å². The van der Waals surface area contributed by atoms with Gasteiger partial charge in [0.15, 0.2) is 6.61 Å². The summed E-state index contributed by atoms with van der Waals surface area (Å²) in [6.07, 6.45) is -4.61. The molecule has 0 saturated heterocycles. The van der Waals surface area contributed by atoms with Gasteiger partial charge in [0.25, 0.3) is 15.9 Å². The summed E-state index contributed by atoms with van der Waals surface area (Å²) in [7, 11) is -4.16. The van der Waals surface area contributed by atoms with Gasteiger partial charge in [0.2, 0.25) is 0 Å². The van der Waals surface area contributed by atoms with E-state index < -0.39 is 40.1 Å². The molecule has 0 radical (unpaired) electrons. The SMILES string of the molecule is O=C(COc1ccc(S(=O)(=O)Nc2cccc(C(F)(F)F)c2)cc1)Nc1cccc(F)c1. The van der Waals surface area contributed by atoms with E-state index in [0.29, 0.717) is 6.07 Å². The largest absolute Gasteiger partial charge is 0.484 e. The van der Waals surface area contributed by atoms with Crippen LogP contribution in [-0.4, -0.2) is 20.9 Å². The van der Waals surface area contributed by atoms with E-state index in [-0.39, 0.29) is 22.0 Å². The topological polar surface area (TPSA) is 84.5 Å². The summed E-state index contributed by atoms with van der Waals surface area (Å²) in [5.41, 5.74) is -0.979. The van der Waals surface area contributed by atoms with Crippen molar-refractivity contribution >= 4 is 27.3 Å². The molecule has 6 nitrogen and oxygen atoms in total. The Morgan fingerprint density at radius 3 is 2.22 bits per heavy atom. The normalized spacial score (nSPS) is 11.6. The fraction of sp³-hybridized carbons (Fsp3) is 0.0952. The van der Waals surface area contributed by atoms with Gasteiger partial charge in [-0.1, -0.05) is 12.1 Å². The third-order valence-electron chi connectivity index (χ3n) is 4.05. The first-order chi connectivity index (χ1) is 15.0. The number of rotatable bonds is 7. The highest BCUT2D eigenvalue weighted by atomic mass is 32.2. The third kappa shape index (κ3) is 6.20. The zero-order chi connectivity index (χ0) is 23.4. The standard InChI is InChI=1S/C21H16F4N2O4S/c22-15-4-2-5-16(12-15)26-20(28)13-31-18-7-9-19(10-8-18)32(29,30)27-17-6-1-3-14(11-17)21(23,24)25/h1-12,27H,13H2,(H,26,28). The van der Waals surface area contributed by atoms with Crippen molar-refractivity contribution in [1.29, 1.82) is 0 Å². The average molecular weight is 468 g/mol. The van der Waals surface area contributed by atoms with Gasteiger partial charge in [-0.05, 0) is 60.7 Å². The lowest BCUT2D eigenvalue weighted by Gasteiger charge is -2.12. The summed E-state index contributed by atoms with van der Waals surface area (Å²) < 4.78 is 83.8. The van der Waals surface area contributed by atoms with Crippen LogP contribution in [0.25, 0.3) is 0 Å². The minimum atomic E-state index is -4.61. The van der Waals surface area contributed by atoms with Crippen molar-refractivity contribution in [3.05, 3.63) is 84.2 Å². The predicted octanol–water partition coefficient (Wildman–Crippen LogP) is 4.66. The maximum atomic E-state index is 13.1. The number of ether oxygens (including phenoxy) is 1.